The van der Waals surface area contributed by atoms with Crippen molar-refractivity contribution < 1.29 is 23.7 Å². The van der Waals surface area contributed by atoms with E-state index in [1.165, 1.54) is 0 Å². The number of nitriles is 1. The standard InChI is InChI=1S/C25H23N5O5/c1-32-18-7-5-16(6-8-18)19-9-10-27-24(29-19)30-20-13-33-23-21(14-34-22(20)23)35-25(31)28-17-4-2-3-15(11-17)12-26/h2-11,20-23H,13-14H2,1H3,(H,28,31)(H,27,29,30)/t20-,21+,22+,23+/m0/s1. The summed E-state index contributed by atoms with van der Waals surface area (Å²) in [6.45, 7) is 0.572. The second-order valence-corrected chi connectivity index (χ2v) is 8.10. The van der Waals surface area contributed by atoms with E-state index in [0.29, 0.717) is 23.8 Å². The number of anilines is 2. The van der Waals surface area contributed by atoms with Crippen molar-refractivity contribution in [3.63, 3.8) is 0 Å². The van der Waals surface area contributed by atoms with Gasteiger partial charge in [0.05, 0.1) is 43.7 Å². The van der Waals surface area contributed by atoms with Crippen LogP contribution < -0.4 is 15.4 Å². The Kier molecular flexibility index (Phi) is 6.43. The maximum atomic E-state index is 12.4. The smallest absolute Gasteiger partial charge is 0.412 e. The molecule has 3 heterocycles. The lowest BCUT2D eigenvalue weighted by molar-refractivity contribution is 0.00917. The van der Waals surface area contributed by atoms with Crippen molar-refractivity contribution in [1.82, 2.24) is 9.97 Å². The number of nitrogens with one attached hydrogen (secondary N) is 2. The highest BCUT2D eigenvalue weighted by Gasteiger charge is 2.49. The zero-order valence-corrected chi connectivity index (χ0v) is 18.9. The van der Waals surface area contributed by atoms with Crippen molar-refractivity contribution in [2.45, 2.75) is 24.4 Å². The van der Waals surface area contributed by atoms with E-state index in [2.05, 4.69) is 20.6 Å². The number of fused-ring (bicyclic) bond motifs is 1. The fourth-order valence-electron chi connectivity index (χ4n) is 4.16. The SMILES string of the molecule is COc1ccc(-c2ccnc(N[C@H]3CO[C@H]4[C@@H]3OC[C@H]4OC(=O)Nc3cccc(C#N)c3)n2)cc1. The fourth-order valence-corrected chi connectivity index (χ4v) is 4.16. The van der Waals surface area contributed by atoms with Crippen LogP contribution in [0.15, 0.2) is 60.8 Å². The molecule has 1 amide bonds. The van der Waals surface area contributed by atoms with E-state index in [-0.39, 0.29) is 18.8 Å². The van der Waals surface area contributed by atoms with Gasteiger partial charge in [0.15, 0.2) is 6.10 Å². The zero-order valence-electron chi connectivity index (χ0n) is 18.9. The van der Waals surface area contributed by atoms with Gasteiger partial charge < -0.3 is 24.3 Å². The number of carbonyl (C=O) groups is 1. The first kappa shape index (κ1) is 22.6. The molecule has 10 heteroatoms. The number of hydrogen-bond acceptors (Lipinski definition) is 9. The molecular weight excluding hydrogens is 450 g/mol. The van der Waals surface area contributed by atoms with Crippen molar-refractivity contribution in [2.75, 3.05) is 31.0 Å². The lowest BCUT2D eigenvalue weighted by atomic mass is 10.1. The molecule has 0 bridgehead atoms. The number of amides is 1. The van der Waals surface area contributed by atoms with E-state index in [1.54, 1.807) is 37.6 Å². The summed E-state index contributed by atoms with van der Waals surface area (Å²) in [7, 11) is 1.63. The molecular formula is C25H23N5O5. The van der Waals surface area contributed by atoms with Crippen molar-refractivity contribution in [2.24, 2.45) is 0 Å². The Morgan fingerprint density at radius 1 is 1.11 bits per heavy atom. The molecule has 0 unspecified atom stereocenters. The van der Waals surface area contributed by atoms with Gasteiger partial charge in [-0.15, -0.1) is 0 Å². The fraction of sp³-hybridized carbons (Fsp3) is 0.280. The third-order valence-electron chi connectivity index (χ3n) is 5.86. The molecule has 35 heavy (non-hydrogen) atoms. The summed E-state index contributed by atoms with van der Waals surface area (Å²) >= 11 is 0. The first-order chi connectivity index (χ1) is 17.1. The van der Waals surface area contributed by atoms with Crippen LogP contribution in [-0.2, 0) is 14.2 Å². The van der Waals surface area contributed by atoms with Gasteiger partial charge in [-0.1, -0.05) is 6.07 Å². The van der Waals surface area contributed by atoms with Crippen LogP contribution in [0, 0.1) is 11.3 Å². The summed E-state index contributed by atoms with van der Waals surface area (Å²) in [5.74, 6) is 1.23. The van der Waals surface area contributed by atoms with Crippen molar-refractivity contribution in [3.8, 4) is 23.1 Å². The molecule has 0 radical (unpaired) electrons. The van der Waals surface area contributed by atoms with E-state index < -0.39 is 18.3 Å². The number of aromatic nitrogens is 2. The Bertz CT molecular complexity index is 1250. The minimum atomic E-state index is -0.634. The zero-order chi connectivity index (χ0) is 24.2. The molecule has 2 aliphatic rings. The van der Waals surface area contributed by atoms with Crippen LogP contribution in [0.1, 0.15) is 5.56 Å². The number of methoxy groups -OCH3 is 1. The van der Waals surface area contributed by atoms with Gasteiger partial charge in [0.25, 0.3) is 0 Å². The first-order valence-electron chi connectivity index (χ1n) is 11.1. The number of benzene rings is 2. The summed E-state index contributed by atoms with van der Waals surface area (Å²) in [5, 5.41) is 14.9. The molecule has 1 aromatic heterocycles. The van der Waals surface area contributed by atoms with Gasteiger partial charge in [-0.05, 0) is 48.5 Å². The van der Waals surface area contributed by atoms with Crippen molar-refractivity contribution in [3.05, 3.63) is 66.4 Å². The maximum absolute atomic E-state index is 12.4. The largest absolute Gasteiger partial charge is 0.497 e. The second-order valence-electron chi connectivity index (χ2n) is 8.10. The van der Waals surface area contributed by atoms with E-state index in [9.17, 15) is 4.79 Å². The van der Waals surface area contributed by atoms with Gasteiger partial charge in [-0.3, -0.25) is 5.32 Å². The molecule has 178 valence electrons. The summed E-state index contributed by atoms with van der Waals surface area (Å²) in [5.41, 5.74) is 2.63. The van der Waals surface area contributed by atoms with Gasteiger partial charge in [0.1, 0.15) is 18.0 Å². The van der Waals surface area contributed by atoms with Crippen LogP contribution in [0.3, 0.4) is 0 Å². The Labute approximate surface area is 201 Å². The molecule has 2 fully saturated rings. The highest BCUT2D eigenvalue weighted by molar-refractivity contribution is 5.85. The van der Waals surface area contributed by atoms with Crippen LogP contribution in [0.4, 0.5) is 16.4 Å². The molecule has 4 atom stereocenters. The maximum Gasteiger partial charge on any atom is 0.412 e. The van der Waals surface area contributed by atoms with E-state index in [1.807, 2.05) is 36.4 Å². The predicted molar refractivity (Wildman–Crippen MR) is 126 cm³/mol. The number of carbonyl (C=O) groups excluding carboxylic acids is 1. The van der Waals surface area contributed by atoms with Crippen LogP contribution >= 0.6 is 0 Å². The van der Waals surface area contributed by atoms with Gasteiger partial charge in [-0.25, -0.2) is 14.8 Å². The minimum Gasteiger partial charge on any atom is -0.497 e. The van der Waals surface area contributed by atoms with Crippen LogP contribution in [-0.4, -0.2) is 60.7 Å². The molecule has 0 saturated carbocycles. The third kappa shape index (κ3) is 5.01. The highest BCUT2D eigenvalue weighted by Crippen LogP contribution is 2.31. The highest BCUT2D eigenvalue weighted by atomic mass is 16.6. The second kappa shape index (κ2) is 9.97. The normalized spacial score (nSPS) is 22.6. The van der Waals surface area contributed by atoms with E-state index in [0.717, 1.165) is 17.0 Å². The lowest BCUT2D eigenvalue weighted by Gasteiger charge is -2.18. The number of nitrogens with zero attached hydrogens (tertiary/aromatic N) is 3. The third-order valence-corrected chi connectivity index (χ3v) is 5.86. The van der Waals surface area contributed by atoms with E-state index in [4.69, 9.17) is 24.2 Å². The Morgan fingerprint density at radius 2 is 1.94 bits per heavy atom. The summed E-state index contributed by atoms with van der Waals surface area (Å²) < 4.78 is 22.5. The predicted octanol–water partition coefficient (Wildman–Crippen LogP) is 3.22. The average molecular weight is 473 g/mol. The molecule has 0 aliphatic carbocycles. The lowest BCUT2D eigenvalue weighted by Crippen LogP contribution is -2.38. The van der Waals surface area contributed by atoms with Crippen LogP contribution in [0.25, 0.3) is 11.3 Å². The van der Waals surface area contributed by atoms with Crippen LogP contribution in [0.2, 0.25) is 0 Å². The van der Waals surface area contributed by atoms with Gasteiger partial charge in [0, 0.05) is 17.4 Å². The summed E-state index contributed by atoms with van der Waals surface area (Å²) in [4.78, 5) is 21.3. The van der Waals surface area contributed by atoms with Gasteiger partial charge in [0.2, 0.25) is 5.95 Å². The number of rotatable bonds is 6. The molecule has 3 aromatic rings. The Morgan fingerprint density at radius 3 is 2.74 bits per heavy atom. The van der Waals surface area contributed by atoms with Crippen LogP contribution in [0.5, 0.6) is 5.75 Å². The minimum absolute atomic E-state index is 0.199. The number of hydrogen-bond donors (Lipinski definition) is 2. The monoisotopic (exact) mass is 473 g/mol. The Hall–Kier alpha value is -4.20. The molecule has 2 aromatic carbocycles. The van der Waals surface area contributed by atoms with Crippen molar-refractivity contribution >= 4 is 17.7 Å². The van der Waals surface area contributed by atoms with Gasteiger partial charge >= 0.3 is 6.09 Å². The molecule has 2 N–H and O–H groups in total. The topological polar surface area (TPSA) is 128 Å². The average Bonchev–Trinajstić information content (AvgIpc) is 3.47. The summed E-state index contributed by atoms with van der Waals surface area (Å²) in [6.07, 6.45) is -0.228. The molecule has 0 spiro atoms. The quantitative estimate of drug-likeness (QED) is 0.555. The molecule has 2 aliphatic heterocycles. The van der Waals surface area contributed by atoms with E-state index >= 15 is 0 Å². The molecule has 10 nitrogen and oxygen atoms in total. The number of ether oxygens (including phenoxy) is 4. The molecule has 5 rings (SSSR count). The molecule has 2 saturated heterocycles. The first-order valence-corrected chi connectivity index (χ1v) is 11.1. The summed E-state index contributed by atoms with van der Waals surface area (Å²) in [6, 6.07) is 17.9. The Balaban J connectivity index is 1.19. The van der Waals surface area contributed by atoms with Gasteiger partial charge in [-0.2, -0.15) is 5.26 Å². The van der Waals surface area contributed by atoms with Crippen molar-refractivity contribution in [1.29, 1.82) is 5.26 Å².